The molecule has 0 saturated carbocycles. The number of benzene rings is 1. The molecule has 0 aliphatic carbocycles. The van der Waals surface area contributed by atoms with Crippen LogP contribution in [0, 0.1) is 0 Å². The summed E-state index contributed by atoms with van der Waals surface area (Å²) in [5.74, 6) is 1.19. The molecule has 1 aromatic carbocycles. The zero-order chi connectivity index (χ0) is 18.0. The first-order valence-electron chi connectivity index (χ1n) is 7.89. The van der Waals surface area contributed by atoms with Gasteiger partial charge in [0.15, 0.2) is 6.29 Å². The van der Waals surface area contributed by atoms with E-state index in [4.69, 9.17) is 4.74 Å². The first kappa shape index (κ1) is 17.0. The molecule has 0 aliphatic heterocycles. The standard InChI is InChI=1S/C19H19N3O3/c1-19(2,24)16-8-7-13(11-23)14(21-16)9-17-20-10-12-5-4-6-15(25-3)18(12)22-17/h4-8,10-11,24H,9H2,1-3H3. The maximum atomic E-state index is 11.3. The van der Waals surface area contributed by atoms with Crippen LogP contribution in [0.3, 0.4) is 0 Å². The van der Waals surface area contributed by atoms with Gasteiger partial charge in [-0.05, 0) is 32.0 Å². The predicted molar refractivity (Wildman–Crippen MR) is 93.8 cm³/mol. The van der Waals surface area contributed by atoms with Crippen molar-refractivity contribution in [2.75, 3.05) is 7.11 Å². The van der Waals surface area contributed by atoms with Gasteiger partial charge in [-0.15, -0.1) is 0 Å². The Morgan fingerprint density at radius 1 is 1.20 bits per heavy atom. The van der Waals surface area contributed by atoms with Crippen molar-refractivity contribution in [1.82, 2.24) is 15.0 Å². The smallest absolute Gasteiger partial charge is 0.151 e. The molecule has 128 valence electrons. The molecule has 0 aliphatic rings. The normalized spacial score (nSPS) is 11.5. The molecule has 3 rings (SSSR count). The highest BCUT2D eigenvalue weighted by Gasteiger charge is 2.20. The minimum Gasteiger partial charge on any atom is -0.494 e. The first-order chi connectivity index (χ1) is 11.9. The minimum atomic E-state index is -1.09. The molecule has 25 heavy (non-hydrogen) atoms. The van der Waals surface area contributed by atoms with Gasteiger partial charge >= 0.3 is 0 Å². The fraction of sp³-hybridized carbons (Fsp3) is 0.263. The number of aldehydes is 1. The van der Waals surface area contributed by atoms with Gasteiger partial charge in [0.25, 0.3) is 0 Å². The molecule has 3 aromatic rings. The number of hydrogen-bond donors (Lipinski definition) is 1. The molecule has 1 N–H and O–H groups in total. The summed E-state index contributed by atoms with van der Waals surface area (Å²) in [6, 6.07) is 8.93. The number of hydrogen-bond acceptors (Lipinski definition) is 6. The molecule has 0 atom stereocenters. The summed E-state index contributed by atoms with van der Waals surface area (Å²) in [4.78, 5) is 24.7. The van der Waals surface area contributed by atoms with Gasteiger partial charge in [0.1, 0.15) is 22.7 Å². The van der Waals surface area contributed by atoms with Gasteiger partial charge < -0.3 is 9.84 Å². The maximum absolute atomic E-state index is 11.3. The summed E-state index contributed by atoms with van der Waals surface area (Å²) < 4.78 is 5.35. The SMILES string of the molecule is COc1cccc2cnc(Cc3nc(C(C)(C)O)ccc3C=O)nc12. The number of aliphatic hydroxyl groups is 1. The molecule has 0 radical (unpaired) electrons. The molecule has 6 heteroatoms. The summed E-state index contributed by atoms with van der Waals surface area (Å²) in [6.07, 6.45) is 2.75. The molecular formula is C19H19N3O3. The Hall–Kier alpha value is -2.86. The highest BCUT2D eigenvalue weighted by molar-refractivity contribution is 5.83. The monoisotopic (exact) mass is 337 g/mol. The number of carbonyl (C=O) groups is 1. The summed E-state index contributed by atoms with van der Waals surface area (Å²) in [5.41, 5.74) is 1.09. The second-order valence-corrected chi connectivity index (χ2v) is 6.27. The Kier molecular flexibility index (Phi) is 4.46. The third kappa shape index (κ3) is 3.49. The molecule has 0 saturated heterocycles. The number of methoxy groups -OCH3 is 1. The van der Waals surface area contributed by atoms with Gasteiger partial charge in [-0.3, -0.25) is 9.78 Å². The first-order valence-corrected chi connectivity index (χ1v) is 7.89. The fourth-order valence-electron chi connectivity index (χ4n) is 2.57. The Morgan fingerprint density at radius 2 is 2.00 bits per heavy atom. The molecule has 0 spiro atoms. The van der Waals surface area contributed by atoms with Crippen LogP contribution in [0.4, 0.5) is 0 Å². The van der Waals surface area contributed by atoms with Gasteiger partial charge in [-0.1, -0.05) is 12.1 Å². The number of para-hydroxylation sites is 1. The van der Waals surface area contributed by atoms with Crippen LogP contribution in [0.5, 0.6) is 5.75 Å². The molecule has 0 bridgehead atoms. The molecule has 0 amide bonds. The van der Waals surface area contributed by atoms with Crippen molar-refractivity contribution >= 4 is 17.2 Å². The van der Waals surface area contributed by atoms with E-state index in [0.29, 0.717) is 34.0 Å². The van der Waals surface area contributed by atoms with Crippen molar-refractivity contribution in [3.05, 3.63) is 59.3 Å². The van der Waals surface area contributed by atoms with E-state index >= 15 is 0 Å². The van der Waals surface area contributed by atoms with Gasteiger partial charge in [-0.2, -0.15) is 0 Å². The zero-order valence-electron chi connectivity index (χ0n) is 14.4. The number of ether oxygens (including phenoxy) is 1. The fourth-order valence-corrected chi connectivity index (χ4v) is 2.57. The number of aromatic nitrogens is 3. The zero-order valence-corrected chi connectivity index (χ0v) is 14.4. The lowest BCUT2D eigenvalue weighted by Gasteiger charge is -2.18. The van der Waals surface area contributed by atoms with Crippen molar-refractivity contribution < 1.29 is 14.6 Å². The van der Waals surface area contributed by atoms with Crippen LogP contribution in [0.25, 0.3) is 10.9 Å². The van der Waals surface area contributed by atoms with E-state index in [1.54, 1.807) is 39.3 Å². The van der Waals surface area contributed by atoms with Gasteiger partial charge in [0.05, 0.1) is 24.9 Å². The Bertz CT molecular complexity index is 933. The second-order valence-electron chi connectivity index (χ2n) is 6.27. The summed E-state index contributed by atoms with van der Waals surface area (Å²) in [5, 5.41) is 11.0. The van der Waals surface area contributed by atoms with Crippen LogP contribution < -0.4 is 4.74 Å². The topological polar surface area (TPSA) is 85.2 Å². The third-order valence-corrected chi connectivity index (χ3v) is 3.93. The van der Waals surface area contributed by atoms with Crippen LogP contribution in [0.1, 0.15) is 41.4 Å². The van der Waals surface area contributed by atoms with E-state index in [0.717, 1.165) is 11.7 Å². The number of fused-ring (bicyclic) bond motifs is 1. The van der Waals surface area contributed by atoms with Gasteiger partial charge in [-0.25, -0.2) is 9.97 Å². The second kappa shape index (κ2) is 6.57. The number of nitrogens with zero attached hydrogens (tertiary/aromatic N) is 3. The van der Waals surface area contributed by atoms with Crippen molar-refractivity contribution in [2.24, 2.45) is 0 Å². The van der Waals surface area contributed by atoms with Gasteiger partial charge in [0, 0.05) is 17.1 Å². The Morgan fingerprint density at radius 3 is 2.68 bits per heavy atom. The van der Waals surface area contributed by atoms with Crippen molar-refractivity contribution in [3.8, 4) is 5.75 Å². The lowest BCUT2D eigenvalue weighted by atomic mass is 10.0. The maximum Gasteiger partial charge on any atom is 0.151 e. The van der Waals surface area contributed by atoms with Crippen molar-refractivity contribution in [1.29, 1.82) is 0 Å². The summed E-state index contributed by atoms with van der Waals surface area (Å²) in [6.45, 7) is 3.30. The lowest BCUT2D eigenvalue weighted by Crippen LogP contribution is -2.19. The molecule has 0 fully saturated rings. The van der Waals surface area contributed by atoms with Crippen LogP contribution in [-0.2, 0) is 12.0 Å². The average molecular weight is 337 g/mol. The van der Waals surface area contributed by atoms with E-state index in [2.05, 4.69) is 15.0 Å². The molecule has 0 unspecified atom stereocenters. The highest BCUT2D eigenvalue weighted by atomic mass is 16.5. The number of pyridine rings is 1. The number of carbonyl (C=O) groups excluding carboxylic acids is 1. The molecular weight excluding hydrogens is 318 g/mol. The van der Waals surface area contributed by atoms with Crippen molar-refractivity contribution in [3.63, 3.8) is 0 Å². The van der Waals surface area contributed by atoms with Crippen LogP contribution >= 0.6 is 0 Å². The summed E-state index contributed by atoms with van der Waals surface area (Å²) >= 11 is 0. The van der Waals surface area contributed by atoms with E-state index < -0.39 is 5.60 Å². The van der Waals surface area contributed by atoms with E-state index in [-0.39, 0.29) is 6.42 Å². The van der Waals surface area contributed by atoms with Crippen molar-refractivity contribution in [2.45, 2.75) is 25.9 Å². The van der Waals surface area contributed by atoms with Crippen LogP contribution in [-0.4, -0.2) is 33.5 Å². The highest BCUT2D eigenvalue weighted by Crippen LogP contribution is 2.24. The Labute approximate surface area is 145 Å². The molecule has 2 aromatic heterocycles. The molecule has 2 heterocycles. The van der Waals surface area contributed by atoms with Gasteiger partial charge in [0.2, 0.25) is 0 Å². The van der Waals surface area contributed by atoms with E-state index in [1.807, 2.05) is 18.2 Å². The third-order valence-electron chi connectivity index (χ3n) is 3.93. The van der Waals surface area contributed by atoms with Crippen LogP contribution in [0.15, 0.2) is 36.5 Å². The number of rotatable bonds is 5. The lowest BCUT2D eigenvalue weighted by molar-refractivity contribution is 0.0735. The minimum absolute atomic E-state index is 0.284. The Balaban J connectivity index is 2.04. The quantitative estimate of drug-likeness (QED) is 0.721. The van der Waals surface area contributed by atoms with E-state index in [1.165, 1.54) is 0 Å². The average Bonchev–Trinajstić information content (AvgIpc) is 2.60. The predicted octanol–water partition coefficient (Wildman–Crippen LogP) is 2.66. The van der Waals surface area contributed by atoms with E-state index in [9.17, 15) is 9.90 Å². The molecule has 6 nitrogen and oxygen atoms in total. The summed E-state index contributed by atoms with van der Waals surface area (Å²) in [7, 11) is 1.59. The largest absolute Gasteiger partial charge is 0.494 e. The van der Waals surface area contributed by atoms with Crippen LogP contribution in [0.2, 0.25) is 0 Å².